The van der Waals surface area contributed by atoms with Gasteiger partial charge in [0, 0.05) is 13.2 Å². The smallest absolute Gasteiger partial charge is 0.125 e. The van der Waals surface area contributed by atoms with E-state index in [1.165, 1.54) is 44.5 Å². The zero-order chi connectivity index (χ0) is 28.9. The van der Waals surface area contributed by atoms with Gasteiger partial charge in [-0.2, -0.15) is 0 Å². The Bertz CT molecular complexity index is 1490. The molecule has 4 nitrogen and oxygen atoms in total. The normalized spacial score (nSPS) is 11.9. The van der Waals surface area contributed by atoms with E-state index in [1.54, 1.807) is 0 Å². The average Bonchev–Trinajstić information content (AvgIpc) is 3.33. The van der Waals surface area contributed by atoms with Crippen LogP contribution in [0.4, 0.5) is 0 Å². The van der Waals surface area contributed by atoms with Crippen molar-refractivity contribution >= 4 is 0 Å². The Kier molecular flexibility index (Phi) is 9.12. The Morgan fingerprint density at radius 2 is 1.12 bits per heavy atom. The fraction of sp³-hybridized carbons (Fsp3) is 0.351. The van der Waals surface area contributed by atoms with E-state index in [-0.39, 0.29) is 13.2 Å². The molecule has 0 atom stereocenters. The molecule has 0 radical (unpaired) electrons. The number of unbranched alkanes of at least 4 members (excludes halogenated alkanes) is 2. The summed E-state index contributed by atoms with van der Waals surface area (Å²) in [6.45, 7) is 10.1. The molecule has 0 bridgehead atoms. The molecule has 0 amide bonds. The number of aryl methyl sites for hydroxylation is 4. The number of hydrogen-bond donors (Lipinski definition) is 2. The van der Waals surface area contributed by atoms with Gasteiger partial charge >= 0.3 is 0 Å². The molecule has 214 valence electrons. The molecule has 0 spiro atoms. The summed E-state index contributed by atoms with van der Waals surface area (Å²) >= 11 is 0. The second-order valence-electron chi connectivity index (χ2n) is 11.3. The molecular weight excluding hydrogens is 508 g/mol. The molecule has 0 heterocycles. The topological polar surface area (TPSA) is 58.9 Å². The lowest BCUT2D eigenvalue weighted by atomic mass is 9.90. The predicted molar refractivity (Wildman–Crippen MR) is 168 cm³/mol. The van der Waals surface area contributed by atoms with Crippen LogP contribution in [0, 0.1) is 27.7 Å². The van der Waals surface area contributed by atoms with Crippen molar-refractivity contribution in [3.8, 4) is 44.9 Å². The van der Waals surface area contributed by atoms with E-state index in [0.717, 1.165) is 65.9 Å². The Hall–Kier alpha value is -3.60. The van der Waals surface area contributed by atoms with Crippen molar-refractivity contribution in [3.05, 3.63) is 94.0 Å². The van der Waals surface area contributed by atoms with E-state index >= 15 is 0 Å². The van der Waals surface area contributed by atoms with Gasteiger partial charge in [-0.05, 0) is 157 Å². The molecule has 1 aliphatic carbocycles. The highest BCUT2D eigenvalue weighted by Crippen LogP contribution is 2.45. The SMILES string of the molecule is Cc1cc(-c2ccc3c(c2)-c2c(cccc2-c2cc(C)c(OCCCCO)c(C)c2)C3)cc(C)c1OCCCCO. The number of aliphatic hydroxyl groups is 2. The third-order valence-electron chi connectivity index (χ3n) is 8.07. The highest BCUT2D eigenvalue weighted by molar-refractivity contribution is 5.92. The van der Waals surface area contributed by atoms with E-state index in [4.69, 9.17) is 19.7 Å². The third kappa shape index (κ3) is 6.19. The van der Waals surface area contributed by atoms with Crippen molar-refractivity contribution in [1.29, 1.82) is 0 Å². The summed E-state index contributed by atoms with van der Waals surface area (Å²) < 4.78 is 12.2. The van der Waals surface area contributed by atoms with Gasteiger partial charge < -0.3 is 19.7 Å². The largest absolute Gasteiger partial charge is 0.493 e. The zero-order valence-electron chi connectivity index (χ0n) is 24.8. The quantitative estimate of drug-likeness (QED) is 0.154. The van der Waals surface area contributed by atoms with E-state index in [1.807, 2.05) is 0 Å². The van der Waals surface area contributed by atoms with Gasteiger partial charge in [-0.15, -0.1) is 0 Å². The number of ether oxygens (including phenoxy) is 2. The highest BCUT2D eigenvalue weighted by atomic mass is 16.5. The lowest BCUT2D eigenvalue weighted by Crippen LogP contribution is -2.02. The number of hydrogen-bond acceptors (Lipinski definition) is 4. The van der Waals surface area contributed by atoms with Crippen LogP contribution in [0.25, 0.3) is 33.4 Å². The summed E-state index contributed by atoms with van der Waals surface area (Å²) in [7, 11) is 0. The molecule has 2 N–H and O–H groups in total. The van der Waals surface area contributed by atoms with E-state index in [0.29, 0.717) is 13.2 Å². The van der Waals surface area contributed by atoms with Crippen LogP contribution in [-0.4, -0.2) is 36.6 Å². The Balaban J connectivity index is 1.47. The van der Waals surface area contributed by atoms with E-state index < -0.39 is 0 Å². The number of fused-ring (bicyclic) bond motifs is 3. The van der Waals surface area contributed by atoms with Crippen LogP contribution in [0.15, 0.2) is 60.7 Å². The lowest BCUT2D eigenvalue weighted by Gasteiger charge is -2.17. The molecule has 0 fully saturated rings. The molecule has 0 saturated heterocycles. The highest BCUT2D eigenvalue weighted by Gasteiger charge is 2.23. The maximum absolute atomic E-state index is 9.08. The molecule has 0 aromatic heterocycles. The van der Waals surface area contributed by atoms with Crippen LogP contribution < -0.4 is 9.47 Å². The van der Waals surface area contributed by atoms with Gasteiger partial charge in [0.15, 0.2) is 0 Å². The summed E-state index contributed by atoms with van der Waals surface area (Å²) in [6.07, 6.45) is 4.17. The fourth-order valence-corrected chi connectivity index (χ4v) is 6.11. The lowest BCUT2D eigenvalue weighted by molar-refractivity contribution is 0.252. The second kappa shape index (κ2) is 12.9. The third-order valence-corrected chi connectivity index (χ3v) is 8.07. The average molecular weight is 551 g/mol. The van der Waals surface area contributed by atoms with Crippen molar-refractivity contribution < 1.29 is 19.7 Å². The van der Waals surface area contributed by atoms with Crippen molar-refractivity contribution in [1.82, 2.24) is 0 Å². The van der Waals surface area contributed by atoms with Crippen molar-refractivity contribution in [2.24, 2.45) is 0 Å². The van der Waals surface area contributed by atoms with Gasteiger partial charge in [-0.3, -0.25) is 0 Å². The van der Waals surface area contributed by atoms with Crippen LogP contribution in [0.5, 0.6) is 11.5 Å². The van der Waals surface area contributed by atoms with Crippen LogP contribution in [0.2, 0.25) is 0 Å². The second-order valence-corrected chi connectivity index (χ2v) is 11.3. The molecule has 1 aliphatic rings. The van der Waals surface area contributed by atoms with Gasteiger partial charge in [0.25, 0.3) is 0 Å². The molecule has 4 aromatic rings. The van der Waals surface area contributed by atoms with Crippen LogP contribution in [0.3, 0.4) is 0 Å². The minimum absolute atomic E-state index is 0.202. The first-order chi connectivity index (χ1) is 19.9. The Morgan fingerprint density at radius 3 is 1.68 bits per heavy atom. The van der Waals surface area contributed by atoms with Crippen molar-refractivity contribution in [2.75, 3.05) is 26.4 Å². The van der Waals surface area contributed by atoms with E-state index in [2.05, 4.69) is 88.4 Å². The summed E-state index contributed by atoms with van der Waals surface area (Å²) in [4.78, 5) is 0. The number of rotatable bonds is 12. The molecule has 0 saturated carbocycles. The van der Waals surface area contributed by atoms with Gasteiger partial charge in [0.05, 0.1) is 13.2 Å². The molecule has 41 heavy (non-hydrogen) atoms. The maximum atomic E-state index is 9.08. The van der Waals surface area contributed by atoms with Gasteiger partial charge in [0.1, 0.15) is 11.5 Å². The monoisotopic (exact) mass is 550 g/mol. The predicted octanol–water partition coefficient (Wildman–Crippen LogP) is 8.13. The zero-order valence-corrected chi connectivity index (χ0v) is 24.8. The van der Waals surface area contributed by atoms with Crippen LogP contribution in [-0.2, 0) is 6.42 Å². The minimum Gasteiger partial charge on any atom is -0.493 e. The van der Waals surface area contributed by atoms with Crippen LogP contribution >= 0.6 is 0 Å². The number of benzene rings is 4. The molecular formula is C37H42O4. The maximum Gasteiger partial charge on any atom is 0.125 e. The van der Waals surface area contributed by atoms with E-state index in [9.17, 15) is 0 Å². The molecule has 4 heteroatoms. The first-order valence-electron chi connectivity index (χ1n) is 14.9. The van der Waals surface area contributed by atoms with Crippen LogP contribution in [0.1, 0.15) is 59.1 Å². The minimum atomic E-state index is 0.202. The van der Waals surface area contributed by atoms with Gasteiger partial charge in [-0.25, -0.2) is 0 Å². The number of aliphatic hydroxyl groups excluding tert-OH is 2. The molecule has 4 aromatic carbocycles. The van der Waals surface area contributed by atoms with Crippen molar-refractivity contribution in [2.45, 2.75) is 59.8 Å². The molecule has 5 rings (SSSR count). The molecule has 0 aliphatic heterocycles. The van der Waals surface area contributed by atoms with Gasteiger partial charge in [-0.1, -0.05) is 30.3 Å². The summed E-state index contributed by atoms with van der Waals surface area (Å²) in [6, 6.07) is 22.5. The van der Waals surface area contributed by atoms with Crippen molar-refractivity contribution in [3.63, 3.8) is 0 Å². The first kappa shape index (κ1) is 28.9. The fourth-order valence-electron chi connectivity index (χ4n) is 6.11. The molecule has 0 unspecified atom stereocenters. The van der Waals surface area contributed by atoms with Gasteiger partial charge in [0.2, 0.25) is 0 Å². The summed E-state index contributed by atoms with van der Waals surface area (Å²) in [5.41, 5.74) is 14.8. The Labute approximate surface area is 244 Å². The standard InChI is InChI=1S/C37H42O4/c1-24-18-31(19-25(2)36(24)40-16-7-5-14-38)28-12-13-29-22-30-10-9-11-33(35(30)34(29)23-28)32-20-26(3)37(27(4)21-32)41-17-8-6-15-39/h9-13,18-21,23,38-39H,5-8,14-17,22H2,1-4H3. The summed E-state index contributed by atoms with van der Waals surface area (Å²) in [5.74, 6) is 1.90. The first-order valence-corrected chi connectivity index (χ1v) is 14.9. The Morgan fingerprint density at radius 1 is 0.561 bits per heavy atom. The summed E-state index contributed by atoms with van der Waals surface area (Å²) in [5, 5.41) is 18.1.